The number of likely N-dealkylation sites (tertiary alicyclic amines) is 1. The standard InChI is InChI=1S/C29H26ClN3O3S/c30-22-10-12-23(13-11-22)36-18-27(34)33-16-14-21(15-17-33)29-32-26(19-37-29)28(35)31-25-9-5-4-8-24(25)20-6-2-1-3-7-20/h1-13,19,21H,14-18H2,(H,31,35). The van der Waals surface area contributed by atoms with Gasteiger partial charge in [0.25, 0.3) is 11.8 Å². The number of halogens is 1. The van der Waals surface area contributed by atoms with Crippen LogP contribution in [0.4, 0.5) is 5.69 Å². The lowest BCUT2D eigenvalue weighted by Crippen LogP contribution is -2.40. The fourth-order valence-electron chi connectivity index (χ4n) is 4.37. The Labute approximate surface area is 224 Å². The molecule has 5 rings (SSSR count). The third kappa shape index (κ3) is 6.18. The van der Waals surface area contributed by atoms with Crippen LogP contribution >= 0.6 is 22.9 Å². The Hall–Kier alpha value is -3.68. The molecular weight excluding hydrogens is 506 g/mol. The summed E-state index contributed by atoms with van der Waals surface area (Å²) in [6.07, 6.45) is 1.61. The van der Waals surface area contributed by atoms with Gasteiger partial charge in [0.1, 0.15) is 11.4 Å². The van der Waals surface area contributed by atoms with Gasteiger partial charge in [-0.05, 0) is 48.7 Å². The molecule has 1 aromatic heterocycles. The number of hydrogen-bond donors (Lipinski definition) is 1. The largest absolute Gasteiger partial charge is 0.484 e. The van der Waals surface area contributed by atoms with Crippen LogP contribution in [0.15, 0.2) is 84.2 Å². The van der Waals surface area contributed by atoms with Gasteiger partial charge in [0.2, 0.25) is 0 Å². The molecule has 37 heavy (non-hydrogen) atoms. The predicted molar refractivity (Wildman–Crippen MR) is 147 cm³/mol. The maximum absolute atomic E-state index is 13.0. The molecule has 0 unspecified atom stereocenters. The van der Waals surface area contributed by atoms with Gasteiger partial charge in [-0.15, -0.1) is 11.3 Å². The topological polar surface area (TPSA) is 71.5 Å². The van der Waals surface area contributed by atoms with Crippen molar-refractivity contribution < 1.29 is 14.3 Å². The van der Waals surface area contributed by atoms with E-state index in [1.807, 2.05) is 64.9 Å². The second kappa shape index (κ2) is 11.6. The number of carbonyl (C=O) groups excluding carboxylic acids is 2. The normalized spacial score (nSPS) is 13.8. The smallest absolute Gasteiger partial charge is 0.275 e. The summed E-state index contributed by atoms with van der Waals surface area (Å²) in [5.74, 6) is 0.583. The van der Waals surface area contributed by atoms with E-state index in [0.717, 1.165) is 34.7 Å². The second-order valence-electron chi connectivity index (χ2n) is 8.83. The fourth-order valence-corrected chi connectivity index (χ4v) is 5.47. The third-order valence-electron chi connectivity index (χ3n) is 6.39. The number of benzene rings is 3. The highest BCUT2D eigenvalue weighted by Gasteiger charge is 2.26. The molecule has 0 bridgehead atoms. The second-order valence-corrected chi connectivity index (χ2v) is 10.2. The van der Waals surface area contributed by atoms with Gasteiger partial charge in [0.05, 0.1) is 5.01 Å². The van der Waals surface area contributed by atoms with Crippen molar-refractivity contribution in [1.82, 2.24) is 9.88 Å². The van der Waals surface area contributed by atoms with Crippen molar-refractivity contribution in [3.05, 3.63) is 100.0 Å². The van der Waals surface area contributed by atoms with E-state index < -0.39 is 0 Å². The Morgan fingerprint density at radius 3 is 2.43 bits per heavy atom. The molecule has 3 aromatic carbocycles. The molecule has 0 radical (unpaired) electrons. The van der Waals surface area contributed by atoms with Crippen molar-refractivity contribution in [2.24, 2.45) is 0 Å². The predicted octanol–water partition coefficient (Wildman–Crippen LogP) is 6.50. The van der Waals surface area contributed by atoms with E-state index in [-0.39, 0.29) is 24.3 Å². The molecule has 0 spiro atoms. The summed E-state index contributed by atoms with van der Waals surface area (Å²) < 4.78 is 5.60. The summed E-state index contributed by atoms with van der Waals surface area (Å²) in [4.78, 5) is 32.1. The van der Waals surface area contributed by atoms with Gasteiger partial charge in [-0.2, -0.15) is 0 Å². The van der Waals surface area contributed by atoms with Gasteiger partial charge < -0.3 is 15.0 Å². The van der Waals surface area contributed by atoms with Crippen molar-refractivity contribution in [3.8, 4) is 16.9 Å². The Morgan fingerprint density at radius 1 is 0.973 bits per heavy atom. The van der Waals surface area contributed by atoms with E-state index in [0.29, 0.717) is 29.6 Å². The summed E-state index contributed by atoms with van der Waals surface area (Å²) in [6.45, 7) is 1.27. The van der Waals surface area contributed by atoms with Crippen LogP contribution in [-0.2, 0) is 4.79 Å². The summed E-state index contributed by atoms with van der Waals surface area (Å²) in [5, 5.41) is 6.40. The van der Waals surface area contributed by atoms with Gasteiger partial charge in [-0.25, -0.2) is 4.98 Å². The summed E-state index contributed by atoms with van der Waals surface area (Å²) >= 11 is 7.39. The number of nitrogens with zero attached hydrogens (tertiary/aromatic N) is 2. The molecule has 0 aliphatic carbocycles. The van der Waals surface area contributed by atoms with Crippen molar-refractivity contribution in [1.29, 1.82) is 0 Å². The molecule has 4 aromatic rings. The highest BCUT2D eigenvalue weighted by atomic mass is 35.5. The number of piperidine rings is 1. The van der Waals surface area contributed by atoms with Gasteiger partial charge >= 0.3 is 0 Å². The highest BCUT2D eigenvalue weighted by molar-refractivity contribution is 7.10. The van der Waals surface area contributed by atoms with Crippen LogP contribution in [0.25, 0.3) is 11.1 Å². The van der Waals surface area contributed by atoms with Crippen LogP contribution in [0.1, 0.15) is 34.3 Å². The van der Waals surface area contributed by atoms with Gasteiger partial charge in [0.15, 0.2) is 6.61 Å². The molecule has 2 amide bonds. The molecule has 8 heteroatoms. The fraction of sp³-hybridized carbons (Fsp3) is 0.207. The van der Waals surface area contributed by atoms with E-state index >= 15 is 0 Å². The van der Waals surface area contributed by atoms with E-state index in [1.54, 1.807) is 24.3 Å². The van der Waals surface area contributed by atoms with Crippen LogP contribution in [0.3, 0.4) is 0 Å². The molecule has 2 heterocycles. The van der Waals surface area contributed by atoms with Gasteiger partial charge in [0, 0.05) is 40.7 Å². The minimum atomic E-state index is -0.224. The van der Waals surface area contributed by atoms with Crippen LogP contribution in [0, 0.1) is 0 Å². The molecule has 1 saturated heterocycles. The molecule has 1 fully saturated rings. The molecule has 0 atom stereocenters. The number of thiazole rings is 1. The van der Waals surface area contributed by atoms with Gasteiger partial charge in [-0.1, -0.05) is 60.1 Å². The number of para-hydroxylation sites is 1. The maximum Gasteiger partial charge on any atom is 0.275 e. The zero-order valence-corrected chi connectivity index (χ0v) is 21.7. The lowest BCUT2D eigenvalue weighted by atomic mass is 9.97. The zero-order valence-electron chi connectivity index (χ0n) is 20.1. The van der Waals surface area contributed by atoms with E-state index in [2.05, 4.69) is 10.3 Å². The molecular formula is C29H26ClN3O3S. The highest BCUT2D eigenvalue weighted by Crippen LogP contribution is 2.32. The molecule has 1 aliphatic heterocycles. The molecule has 188 valence electrons. The van der Waals surface area contributed by atoms with E-state index in [4.69, 9.17) is 16.3 Å². The van der Waals surface area contributed by atoms with Crippen LogP contribution in [0.5, 0.6) is 5.75 Å². The Bertz CT molecular complexity index is 1370. The first-order chi connectivity index (χ1) is 18.1. The van der Waals surface area contributed by atoms with Gasteiger partial charge in [-0.3, -0.25) is 9.59 Å². The number of aromatic nitrogens is 1. The van der Waals surface area contributed by atoms with Crippen molar-refractivity contribution in [2.75, 3.05) is 25.0 Å². The molecule has 1 aliphatic rings. The maximum atomic E-state index is 13.0. The van der Waals surface area contributed by atoms with E-state index in [1.165, 1.54) is 11.3 Å². The van der Waals surface area contributed by atoms with Crippen molar-refractivity contribution in [3.63, 3.8) is 0 Å². The average Bonchev–Trinajstić information content (AvgIpc) is 3.44. The first-order valence-electron chi connectivity index (χ1n) is 12.1. The quantitative estimate of drug-likeness (QED) is 0.295. The van der Waals surface area contributed by atoms with E-state index in [9.17, 15) is 9.59 Å². The first-order valence-corrected chi connectivity index (χ1v) is 13.4. The number of rotatable bonds is 7. The Kier molecular flexibility index (Phi) is 7.82. The number of ether oxygens (including phenoxy) is 1. The van der Waals surface area contributed by atoms with Crippen LogP contribution in [-0.4, -0.2) is 41.4 Å². The molecule has 0 saturated carbocycles. The van der Waals surface area contributed by atoms with Crippen LogP contribution in [0.2, 0.25) is 5.02 Å². The molecule has 1 N–H and O–H groups in total. The lowest BCUT2D eigenvalue weighted by Gasteiger charge is -2.31. The summed E-state index contributed by atoms with van der Waals surface area (Å²) in [7, 11) is 0. The monoisotopic (exact) mass is 531 g/mol. The third-order valence-corrected chi connectivity index (χ3v) is 7.65. The number of hydrogen-bond acceptors (Lipinski definition) is 5. The average molecular weight is 532 g/mol. The Morgan fingerprint density at radius 2 is 1.68 bits per heavy atom. The minimum absolute atomic E-state index is 0.00166. The molecule has 6 nitrogen and oxygen atoms in total. The van der Waals surface area contributed by atoms with Crippen LogP contribution < -0.4 is 10.1 Å². The number of nitrogens with one attached hydrogen (secondary N) is 1. The SMILES string of the molecule is O=C(Nc1ccccc1-c1ccccc1)c1csc(C2CCN(C(=O)COc3ccc(Cl)cc3)CC2)n1. The minimum Gasteiger partial charge on any atom is -0.484 e. The number of carbonyl (C=O) groups is 2. The number of anilines is 1. The lowest BCUT2D eigenvalue weighted by molar-refractivity contribution is -0.134. The zero-order chi connectivity index (χ0) is 25.6. The van der Waals surface area contributed by atoms with Crippen molar-refractivity contribution in [2.45, 2.75) is 18.8 Å². The number of amides is 2. The summed E-state index contributed by atoms with van der Waals surface area (Å²) in [5.41, 5.74) is 3.17. The first kappa shape index (κ1) is 25.0. The Balaban J connectivity index is 1.15. The summed E-state index contributed by atoms with van der Waals surface area (Å²) in [6, 6.07) is 24.7. The van der Waals surface area contributed by atoms with Crippen molar-refractivity contribution >= 4 is 40.4 Å².